The third-order valence-corrected chi connectivity index (χ3v) is 0.408. The first-order valence-corrected chi connectivity index (χ1v) is 1.82. The minimum atomic E-state index is 0. The predicted molar refractivity (Wildman–Crippen MR) is 24.8 cm³/mol. The van der Waals surface area contributed by atoms with Crippen LogP contribution >= 0.6 is 0 Å². The minimum Gasteiger partial charge on any atom is -0.343 e. The van der Waals surface area contributed by atoms with Gasteiger partial charge < -0.3 is 6.92 Å². The molecule has 6 heavy (non-hydrogen) atoms. The van der Waals surface area contributed by atoms with E-state index in [4.69, 9.17) is 0 Å². The quantitative estimate of drug-likeness (QED) is 0.527. The van der Waals surface area contributed by atoms with Crippen molar-refractivity contribution in [3.8, 4) is 0 Å². The summed E-state index contributed by atoms with van der Waals surface area (Å²) in [6.45, 7) is 7.11. The Morgan fingerprint density at radius 2 is 2.17 bits per heavy atom. The Balaban J connectivity index is 0. The summed E-state index contributed by atoms with van der Waals surface area (Å²) in [7, 11) is 0. The van der Waals surface area contributed by atoms with Crippen molar-refractivity contribution >= 4 is 0 Å². The molecule has 0 aromatic carbocycles. The van der Waals surface area contributed by atoms with Gasteiger partial charge in [0.25, 0.3) is 0 Å². The Morgan fingerprint density at radius 1 is 1.67 bits per heavy atom. The first-order valence-electron chi connectivity index (χ1n) is 1.82. The zero-order chi connectivity index (χ0) is 4.12. The smallest absolute Gasteiger partial charge is 0 e. The van der Waals surface area contributed by atoms with Crippen molar-refractivity contribution in [2.45, 2.75) is 12.8 Å². The monoisotopic (exact) mass is 264 g/mol. The summed E-state index contributed by atoms with van der Waals surface area (Å²) in [6, 6.07) is 0. The topological polar surface area (TPSA) is 0 Å². The minimum absolute atomic E-state index is 0. The molecule has 40 valence electrons. The molecule has 0 aliphatic carbocycles. The molecule has 0 saturated carbocycles. The van der Waals surface area contributed by atoms with Gasteiger partial charge >= 0.3 is 0 Å². The average Bonchev–Trinajstić information content (AvgIpc) is 1.41. The largest absolute Gasteiger partial charge is 0.343 e. The second-order valence-corrected chi connectivity index (χ2v) is 0.931. The van der Waals surface area contributed by atoms with Crippen LogP contribution in [-0.4, -0.2) is 0 Å². The third-order valence-electron chi connectivity index (χ3n) is 0.408. The van der Waals surface area contributed by atoms with Gasteiger partial charge in [-0.3, -0.25) is 0 Å². The van der Waals surface area contributed by atoms with Crippen LogP contribution in [0.3, 0.4) is 0 Å². The SMILES string of the molecule is C=CCC[CH2-].[Pt]. The average molecular weight is 264 g/mol. The molecule has 0 fully saturated rings. The number of hydrogen-bond donors (Lipinski definition) is 0. The molecule has 0 rings (SSSR count). The Kier molecular flexibility index (Phi) is 14.6. The van der Waals surface area contributed by atoms with Crippen LogP contribution in [-0.2, 0) is 21.1 Å². The van der Waals surface area contributed by atoms with Crippen LogP contribution in [0.2, 0.25) is 0 Å². The van der Waals surface area contributed by atoms with Crippen LogP contribution in [0.5, 0.6) is 0 Å². The summed E-state index contributed by atoms with van der Waals surface area (Å²) in [5.41, 5.74) is 0. The Hall–Kier alpha value is 0.428. The maximum Gasteiger partial charge on any atom is 0 e. The molecule has 0 radical (unpaired) electrons. The summed E-state index contributed by atoms with van der Waals surface area (Å²) in [4.78, 5) is 0. The molecule has 0 aromatic heterocycles. The van der Waals surface area contributed by atoms with E-state index in [1.807, 2.05) is 6.08 Å². The van der Waals surface area contributed by atoms with Crippen molar-refractivity contribution < 1.29 is 21.1 Å². The van der Waals surface area contributed by atoms with Crippen molar-refractivity contribution in [1.82, 2.24) is 0 Å². The third kappa shape index (κ3) is 8.83. The Bertz CT molecular complexity index is 25.1. The fourth-order valence-electron chi connectivity index (χ4n) is 0.144. The van der Waals surface area contributed by atoms with E-state index >= 15 is 0 Å². The fourth-order valence-corrected chi connectivity index (χ4v) is 0.144. The molecule has 0 N–H and O–H groups in total. The van der Waals surface area contributed by atoms with Gasteiger partial charge in [0.05, 0.1) is 0 Å². The van der Waals surface area contributed by atoms with E-state index in [0.717, 1.165) is 12.8 Å². The van der Waals surface area contributed by atoms with E-state index in [1.54, 1.807) is 0 Å². The van der Waals surface area contributed by atoms with Crippen molar-refractivity contribution in [1.29, 1.82) is 0 Å². The van der Waals surface area contributed by atoms with Crippen LogP contribution in [0.15, 0.2) is 12.7 Å². The Morgan fingerprint density at radius 3 is 2.17 bits per heavy atom. The van der Waals surface area contributed by atoms with Gasteiger partial charge in [-0.15, -0.1) is 6.58 Å². The van der Waals surface area contributed by atoms with Gasteiger partial charge in [0.1, 0.15) is 0 Å². The van der Waals surface area contributed by atoms with E-state index in [1.165, 1.54) is 0 Å². The molecule has 0 bridgehead atoms. The first kappa shape index (κ1) is 9.66. The second kappa shape index (κ2) is 9.06. The molecule has 0 aliphatic rings. The number of rotatable bonds is 2. The molecule has 0 atom stereocenters. The van der Waals surface area contributed by atoms with Crippen molar-refractivity contribution in [2.24, 2.45) is 0 Å². The van der Waals surface area contributed by atoms with E-state index in [9.17, 15) is 0 Å². The van der Waals surface area contributed by atoms with E-state index in [2.05, 4.69) is 13.5 Å². The molecule has 0 heterocycles. The van der Waals surface area contributed by atoms with Gasteiger partial charge in [0.15, 0.2) is 0 Å². The molecule has 0 saturated heterocycles. The van der Waals surface area contributed by atoms with Crippen LogP contribution in [0.4, 0.5) is 0 Å². The fraction of sp³-hybridized carbons (Fsp3) is 0.400. The summed E-state index contributed by atoms with van der Waals surface area (Å²) >= 11 is 0. The number of allylic oxidation sites excluding steroid dienone is 1. The van der Waals surface area contributed by atoms with Crippen molar-refractivity contribution in [3.05, 3.63) is 19.6 Å². The second-order valence-electron chi connectivity index (χ2n) is 0.931. The van der Waals surface area contributed by atoms with Crippen LogP contribution < -0.4 is 0 Å². The molecule has 0 aliphatic heterocycles. The molecule has 0 unspecified atom stereocenters. The molecule has 0 nitrogen and oxygen atoms in total. The van der Waals surface area contributed by atoms with Gasteiger partial charge in [0, 0.05) is 21.1 Å². The molecule has 0 amide bonds. The van der Waals surface area contributed by atoms with Gasteiger partial charge in [0.2, 0.25) is 0 Å². The number of unbranched alkanes of at least 4 members (excludes halogenated alkanes) is 1. The zero-order valence-corrected chi connectivity index (χ0v) is 5.99. The van der Waals surface area contributed by atoms with Crippen molar-refractivity contribution in [2.75, 3.05) is 0 Å². The number of hydrogen-bond acceptors (Lipinski definition) is 0. The van der Waals surface area contributed by atoms with Crippen LogP contribution in [0.25, 0.3) is 0 Å². The molecule has 0 aromatic rings. The zero-order valence-electron chi connectivity index (χ0n) is 3.72. The maximum absolute atomic E-state index is 3.60. The maximum atomic E-state index is 3.60. The van der Waals surface area contributed by atoms with Crippen LogP contribution in [0, 0.1) is 6.92 Å². The molecular weight excluding hydrogens is 255 g/mol. The van der Waals surface area contributed by atoms with Gasteiger partial charge in [-0.2, -0.15) is 6.42 Å². The normalized spacial score (nSPS) is 6.17. The first-order chi connectivity index (χ1) is 2.41. The van der Waals surface area contributed by atoms with Gasteiger partial charge in [-0.1, -0.05) is 12.5 Å². The standard InChI is InChI=1S/C5H9.Pt/c1-3-5-4-2;/h3H,1-2,4-5H2;/q-1;. The molecular formula is C5H9Pt-. The van der Waals surface area contributed by atoms with Gasteiger partial charge in [-0.05, 0) is 0 Å². The Labute approximate surface area is 53.9 Å². The summed E-state index contributed by atoms with van der Waals surface area (Å²) < 4.78 is 0. The summed E-state index contributed by atoms with van der Waals surface area (Å²) in [6.07, 6.45) is 3.89. The summed E-state index contributed by atoms with van der Waals surface area (Å²) in [5, 5.41) is 0. The van der Waals surface area contributed by atoms with E-state index in [0.29, 0.717) is 0 Å². The van der Waals surface area contributed by atoms with Crippen molar-refractivity contribution in [3.63, 3.8) is 0 Å². The van der Waals surface area contributed by atoms with E-state index < -0.39 is 0 Å². The van der Waals surface area contributed by atoms with Crippen LogP contribution in [0.1, 0.15) is 12.8 Å². The van der Waals surface area contributed by atoms with E-state index in [-0.39, 0.29) is 21.1 Å². The van der Waals surface area contributed by atoms with Gasteiger partial charge in [-0.25, -0.2) is 0 Å². The summed E-state index contributed by atoms with van der Waals surface area (Å²) in [5.74, 6) is 0. The molecule has 1 heteroatoms. The predicted octanol–water partition coefficient (Wildman–Crippen LogP) is 1.78. The molecule has 0 spiro atoms.